The Labute approximate surface area is 167 Å². The second-order valence-corrected chi connectivity index (χ2v) is 6.77. The van der Waals surface area contributed by atoms with Crippen LogP contribution in [0.4, 0.5) is 4.39 Å². The smallest absolute Gasteiger partial charge is 0.191 e. The van der Waals surface area contributed by atoms with E-state index < -0.39 is 0 Å². The average molecular weight is 464 g/mol. The molecule has 1 saturated heterocycles. The van der Waals surface area contributed by atoms with Gasteiger partial charge in [-0.05, 0) is 38.0 Å². The minimum Gasteiger partial charge on any atom is -0.379 e. The van der Waals surface area contributed by atoms with Gasteiger partial charge in [-0.3, -0.25) is 9.89 Å². The van der Waals surface area contributed by atoms with Crippen molar-refractivity contribution in [1.29, 1.82) is 0 Å². The zero-order valence-electron chi connectivity index (χ0n) is 15.6. The number of rotatable bonds is 5. The number of morpholine rings is 1. The summed E-state index contributed by atoms with van der Waals surface area (Å²) in [6, 6.07) is 5.29. The van der Waals surface area contributed by atoms with E-state index in [1.54, 1.807) is 26.1 Å². The van der Waals surface area contributed by atoms with Crippen LogP contribution in [0.1, 0.15) is 25.0 Å². The van der Waals surface area contributed by atoms with E-state index in [0.717, 1.165) is 44.4 Å². The first-order valence-electron chi connectivity index (χ1n) is 8.45. The van der Waals surface area contributed by atoms with E-state index in [9.17, 15) is 4.39 Å². The van der Waals surface area contributed by atoms with Crippen LogP contribution in [0.3, 0.4) is 0 Å². The lowest BCUT2D eigenvalue weighted by Crippen LogP contribution is -2.56. The number of hydrogen-bond donors (Lipinski definition) is 2. The molecule has 2 rings (SSSR count). The SMILES string of the molecule is CN=C(NCc1ccc(C)c(F)c1)NCC(C)(C)N1CCOCC1.I. The summed E-state index contributed by atoms with van der Waals surface area (Å²) in [5.74, 6) is 0.544. The van der Waals surface area contributed by atoms with Crippen molar-refractivity contribution in [3.8, 4) is 0 Å². The Kier molecular flexibility index (Phi) is 9.09. The highest BCUT2D eigenvalue weighted by atomic mass is 127. The Morgan fingerprint density at radius 2 is 1.96 bits per heavy atom. The molecule has 1 aromatic carbocycles. The molecule has 1 aromatic rings. The van der Waals surface area contributed by atoms with Crippen molar-refractivity contribution in [3.05, 3.63) is 35.1 Å². The van der Waals surface area contributed by atoms with Crippen LogP contribution >= 0.6 is 24.0 Å². The Balaban J connectivity index is 0.00000312. The van der Waals surface area contributed by atoms with Gasteiger partial charge in [-0.2, -0.15) is 0 Å². The topological polar surface area (TPSA) is 48.9 Å². The average Bonchev–Trinajstić information content (AvgIpc) is 2.59. The molecule has 25 heavy (non-hydrogen) atoms. The van der Waals surface area contributed by atoms with Gasteiger partial charge in [0.1, 0.15) is 5.82 Å². The van der Waals surface area contributed by atoms with Crippen molar-refractivity contribution in [2.45, 2.75) is 32.9 Å². The monoisotopic (exact) mass is 464 g/mol. The molecule has 1 fully saturated rings. The van der Waals surface area contributed by atoms with Gasteiger partial charge in [0.15, 0.2) is 5.96 Å². The van der Waals surface area contributed by atoms with E-state index in [4.69, 9.17) is 4.74 Å². The predicted octanol–water partition coefficient (Wildman–Crippen LogP) is 2.53. The van der Waals surface area contributed by atoms with Crippen molar-refractivity contribution in [2.24, 2.45) is 4.99 Å². The lowest BCUT2D eigenvalue weighted by Gasteiger charge is -2.41. The highest BCUT2D eigenvalue weighted by molar-refractivity contribution is 14.0. The summed E-state index contributed by atoms with van der Waals surface area (Å²) in [4.78, 5) is 6.67. The van der Waals surface area contributed by atoms with Crippen LogP contribution in [0.5, 0.6) is 0 Å². The Hall–Kier alpha value is -0.930. The van der Waals surface area contributed by atoms with Gasteiger partial charge < -0.3 is 15.4 Å². The van der Waals surface area contributed by atoms with Crippen LogP contribution in [0.25, 0.3) is 0 Å². The third-order valence-corrected chi connectivity index (χ3v) is 4.48. The number of halogens is 2. The number of guanidine groups is 1. The van der Waals surface area contributed by atoms with Gasteiger partial charge in [-0.25, -0.2) is 4.39 Å². The second-order valence-electron chi connectivity index (χ2n) is 6.77. The van der Waals surface area contributed by atoms with Crippen molar-refractivity contribution in [3.63, 3.8) is 0 Å². The molecule has 142 valence electrons. The molecule has 0 aromatic heterocycles. The van der Waals surface area contributed by atoms with E-state index in [0.29, 0.717) is 12.1 Å². The summed E-state index contributed by atoms with van der Waals surface area (Å²) in [5, 5.41) is 6.60. The maximum atomic E-state index is 13.6. The Bertz CT molecular complexity index is 574. The molecule has 0 aliphatic carbocycles. The first-order chi connectivity index (χ1) is 11.4. The normalized spacial score (nSPS) is 16.3. The molecular formula is C18H30FIN4O. The highest BCUT2D eigenvalue weighted by Gasteiger charge is 2.28. The molecule has 1 aliphatic rings. The summed E-state index contributed by atoms with van der Waals surface area (Å²) in [6.45, 7) is 11.0. The Morgan fingerprint density at radius 1 is 1.28 bits per heavy atom. The van der Waals surface area contributed by atoms with Crippen LogP contribution in [-0.2, 0) is 11.3 Å². The predicted molar refractivity (Wildman–Crippen MR) is 111 cm³/mol. The van der Waals surface area contributed by atoms with E-state index in [2.05, 4.69) is 34.4 Å². The maximum Gasteiger partial charge on any atom is 0.191 e. The van der Waals surface area contributed by atoms with Gasteiger partial charge in [-0.1, -0.05) is 12.1 Å². The van der Waals surface area contributed by atoms with Gasteiger partial charge in [0.25, 0.3) is 0 Å². The number of aliphatic imine (C=N–C) groups is 1. The molecule has 0 saturated carbocycles. The number of hydrogen-bond acceptors (Lipinski definition) is 3. The zero-order valence-corrected chi connectivity index (χ0v) is 17.9. The van der Waals surface area contributed by atoms with Gasteiger partial charge in [0.2, 0.25) is 0 Å². The molecule has 0 radical (unpaired) electrons. The largest absolute Gasteiger partial charge is 0.379 e. The summed E-state index contributed by atoms with van der Waals surface area (Å²) in [6.07, 6.45) is 0. The molecule has 5 nitrogen and oxygen atoms in total. The van der Waals surface area contributed by atoms with Crippen LogP contribution in [0.15, 0.2) is 23.2 Å². The second kappa shape index (κ2) is 10.3. The van der Waals surface area contributed by atoms with Crippen molar-refractivity contribution in [2.75, 3.05) is 39.9 Å². The maximum absolute atomic E-state index is 13.6. The van der Waals surface area contributed by atoms with Crippen molar-refractivity contribution >= 4 is 29.9 Å². The fourth-order valence-electron chi connectivity index (χ4n) is 2.73. The lowest BCUT2D eigenvalue weighted by molar-refractivity contribution is -0.00834. The molecule has 0 bridgehead atoms. The minimum atomic E-state index is -0.175. The Morgan fingerprint density at radius 3 is 2.56 bits per heavy atom. The van der Waals surface area contributed by atoms with E-state index in [1.807, 2.05) is 6.07 Å². The quantitative estimate of drug-likeness (QED) is 0.400. The van der Waals surface area contributed by atoms with Crippen LogP contribution in [-0.4, -0.2) is 56.3 Å². The van der Waals surface area contributed by atoms with E-state index in [1.165, 1.54) is 0 Å². The molecular weight excluding hydrogens is 434 g/mol. The standard InChI is InChI=1S/C18H29FN4O.HI/c1-14-5-6-15(11-16(14)19)12-21-17(20-4)22-13-18(2,3)23-7-9-24-10-8-23;/h5-6,11H,7-10,12-13H2,1-4H3,(H2,20,21,22);1H. The van der Waals surface area contributed by atoms with Crippen LogP contribution in [0, 0.1) is 12.7 Å². The van der Waals surface area contributed by atoms with Gasteiger partial charge in [0, 0.05) is 38.8 Å². The molecule has 1 heterocycles. The molecule has 0 amide bonds. The minimum absolute atomic E-state index is 0. The number of aryl methyl sites for hydroxylation is 1. The van der Waals surface area contributed by atoms with Crippen molar-refractivity contribution in [1.82, 2.24) is 15.5 Å². The number of nitrogens with zero attached hydrogens (tertiary/aromatic N) is 2. The van der Waals surface area contributed by atoms with E-state index >= 15 is 0 Å². The third kappa shape index (κ3) is 6.71. The summed E-state index contributed by atoms with van der Waals surface area (Å²) in [5.41, 5.74) is 1.57. The number of nitrogens with one attached hydrogen (secondary N) is 2. The zero-order chi connectivity index (χ0) is 17.6. The third-order valence-electron chi connectivity index (χ3n) is 4.48. The molecule has 7 heteroatoms. The number of benzene rings is 1. The van der Waals surface area contributed by atoms with Crippen molar-refractivity contribution < 1.29 is 9.13 Å². The van der Waals surface area contributed by atoms with Gasteiger partial charge >= 0.3 is 0 Å². The summed E-state index contributed by atoms with van der Waals surface area (Å²) >= 11 is 0. The summed E-state index contributed by atoms with van der Waals surface area (Å²) < 4.78 is 19.0. The van der Waals surface area contributed by atoms with Gasteiger partial charge in [-0.15, -0.1) is 24.0 Å². The lowest BCUT2D eigenvalue weighted by atomic mass is 10.0. The first-order valence-corrected chi connectivity index (χ1v) is 8.45. The van der Waals surface area contributed by atoms with Crippen LogP contribution in [0.2, 0.25) is 0 Å². The van der Waals surface area contributed by atoms with Crippen LogP contribution < -0.4 is 10.6 Å². The fraction of sp³-hybridized carbons (Fsp3) is 0.611. The first kappa shape index (κ1) is 22.1. The molecule has 0 atom stereocenters. The molecule has 2 N–H and O–H groups in total. The highest BCUT2D eigenvalue weighted by Crippen LogP contribution is 2.15. The number of ether oxygens (including phenoxy) is 1. The van der Waals surface area contributed by atoms with E-state index in [-0.39, 0.29) is 35.3 Å². The summed E-state index contributed by atoms with van der Waals surface area (Å²) in [7, 11) is 1.74. The molecule has 0 spiro atoms. The fourth-order valence-corrected chi connectivity index (χ4v) is 2.73. The molecule has 0 unspecified atom stereocenters. The molecule has 1 aliphatic heterocycles. The van der Waals surface area contributed by atoms with Gasteiger partial charge in [0.05, 0.1) is 13.2 Å².